The summed E-state index contributed by atoms with van der Waals surface area (Å²) in [6.07, 6.45) is -4.35. The number of nitrogens with one attached hydrogen (secondary N) is 1. The van der Waals surface area contributed by atoms with E-state index in [1.54, 1.807) is 36.4 Å². The summed E-state index contributed by atoms with van der Waals surface area (Å²) in [4.78, 5) is 62.9. The lowest BCUT2D eigenvalue weighted by Gasteiger charge is -2.24. The lowest BCUT2D eigenvalue weighted by molar-refractivity contribution is -0.189. The summed E-state index contributed by atoms with van der Waals surface area (Å²) in [7, 11) is -3.29. The quantitative estimate of drug-likeness (QED) is 0.337. The van der Waals surface area contributed by atoms with Gasteiger partial charge in [0.15, 0.2) is 18.4 Å². The van der Waals surface area contributed by atoms with Crippen LogP contribution in [0.1, 0.15) is 26.9 Å². The third-order valence-electron chi connectivity index (χ3n) is 5.26. The first-order valence-corrected chi connectivity index (χ1v) is 11.7. The molecule has 13 heteroatoms. The minimum atomic E-state index is -3.29. The van der Waals surface area contributed by atoms with Crippen LogP contribution < -0.4 is 16.1 Å². The van der Waals surface area contributed by atoms with Crippen LogP contribution in [0.2, 0.25) is 0 Å². The number of ether oxygens (including phenoxy) is 3. The molecule has 0 bridgehead atoms. The Morgan fingerprint density at radius 1 is 0.917 bits per heavy atom. The van der Waals surface area contributed by atoms with Crippen molar-refractivity contribution in [3.63, 3.8) is 0 Å². The predicted molar refractivity (Wildman–Crippen MR) is 120 cm³/mol. The number of H-pyrrole nitrogens is 1. The Labute approximate surface area is 204 Å². The monoisotopic (exact) mass is 514 g/mol. The highest BCUT2D eigenvalue weighted by Gasteiger charge is 2.51. The van der Waals surface area contributed by atoms with E-state index in [9.17, 15) is 28.6 Å². The highest BCUT2D eigenvalue weighted by Crippen LogP contribution is 2.35. The molecular formula is C23H19N2O10P. The van der Waals surface area contributed by atoms with E-state index >= 15 is 0 Å². The molecule has 2 aromatic carbocycles. The van der Waals surface area contributed by atoms with Gasteiger partial charge in [-0.05, 0) is 28.8 Å². The second-order valence-electron chi connectivity index (χ2n) is 7.57. The van der Waals surface area contributed by atoms with Crippen molar-refractivity contribution in [1.82, 2.24) is 9.55 Å². The highest BCUT2D eigenvalue weighted by molar-refractivity contribution is 7.30. The molecule has 1 aromatic heterocycles. The molecule has 3 aromatic rings. The molecule has 1 aliphatic rings. The number of benzene rings is 2. The molecule has 0 spiro atoms. The van der Waals surface area contributed by atoms with Crippen molar-refractivity contribution in [3.05, 3.63) is 105 Å². The van der Waals surface area contributed by atoms with E-state index in [0.29, 0.717) is 0 Å². The molecule has 1 saturated heterocycles. The van der Waals surface area contributed by atoms with E-state index in [4.69, 9.17) is 14.2 Å². The first-order valence-electron chi connectivity index (χ1n) is 10.6. The number of esters is 2. The van der Waals surface area contributed by atoms with Crippen LogP contribution in [0.3, 0.4) is 0 Å². The minimum Gasteiger partial charge on any atom is -0.566 e. The van der Waals surface area contributed by atoms with Crippen molar-refractivity contribution in [2.24, 2.45) is 0 Å². The zero-order valence-electron chi connectivity index (χ0n) is 18.4. The number of carbonyl (C=O) groups excluding carboxylic acids is 2. The van der Waals surface area contributed by atoms with Crippen LogP contribution in [0.15, 0.2) is 82.5 Å². The molecule has 2 heterocycles. The Morgan fingerprint density at radius 2 is 1.47 bits per heavy atom. The number of hydrogen-bond acceptors (Lipinski definition) is 10. The van der Waals surface area contributed by atoms with Crippen molar-refractivity contribution in [3.8, 4) is 0 Å². The molecular weight excluding hydrogens is 495 g/mol. The first-order chi connectivity index (χ1) is 17.3. The van der Waals surface area contributed by atoms with Gasteiger partial charge in [-0.3, -0.25) is 14.3 Å². The molecule has 186 valence electrons. The van der Waals surface area contributed by atoms with Crippen molar-refractivity contribution >= 4 is 20.2 Å². The zero-order valence-corrected chi connectivity index (χ0v) is 19.3. The van der Waals surface area contributed by atoms with Gasteiger partial charge in [-0.15, -0.1) is 4.52 Å². The van der Waals surface area contributed by atoms with Crippen LogP contribution >= 0.6 is 8.25 Å². The van der Waals surface area contributed by atoms with Crippen LogP contribution in [-0.2, 0) is 23.3 Å². The maximum Gasteiger partial charge on any atom is 0.488 e. The molecule has 5 atom stereocenters. The van der Waals surface area contributed by atoms with Crippen molar-refractivity contribution in [2.45, 2.75) is 24.5 Å². The van der Waals surface area contributed by atoms with Gasteiger partial charge >= 0.3 is 25.9 Å². The van der Waals surface area contributed by atoms with Gasteiger partial charge in [-0.2, -0.15) is 0 Å². The summed E-state index contributed by atoms with van der Waals surface area (Å²) in [6.45, 7) is -0.598. The minimum absolute atomic E-state index is 0.167. The van der Waals surface area contributed by atoms with E-state index in [-0.39, 0.29) is 11.1 Å². The smallest absolute Gasteiger partial charge is 0.488 e. The average molecular weight is 514 g/mol. The standard InChI is InChI=1S/C23H19N2O10P/c26-17-11-12-25(23(29)24-17)20-19(35-22(28)15-9-5-2-6-10-15)18(16(33-20)13-32-36(30)31)34-21(27)14-7-3-1-4-8-14/h1-12,16,18-20H,13H2,(H,24,26,29)/t16-,18-,19-,20-/m1/s1. The molecule has 12 nitrogen and oxygen atoms in total. The molecule has 1 aliphatic heterocycles. The largest absolute Gasteiger partial charge is 0.566 e. The van der Waals surface area contributed by atoms with Gasteiger partial charge in [0, 0.05) is 12.3 Å². The van der Waals surface area contributed by atoms with E-state index in [1.807, 2.05) is 0 Å². The van der Waals surface area contributed by atoms with Crippen LogP contribution in [0.4, 0.5) is 0 Å². The highest BCUT2D eigenvalue weighted by atomic mass is 31.1. The summed E-state index contributed by atoms with van der Waals surface area (Å²) in [5.74, 6) is -1.63. The fourth-order valence-electron chi connectivity index (χ4n) is 3.63. The Balaban J connectivity index is 1.72. The lowest BCUT2D eigenvalue weighted by atomic mass is 10.1. The summed E-state index contributed by atoms with van der Waals surface area (Å²) >= 11 is 0. The number of aromatic nitrogens is 2. The van der Waals surface area contributed by atoms with Crippen molar-refractivity contribution < 1.29 is 37.8 Å². The predicted octanol–water partition coefficient (Wildman–Crippen LogP) is 0.919. The Morgan fingerprint density at radius 3 is 2.00 bits per heavy atom. The number of rotatable bonds is 8. The molecule has 0 saturated carbocycles. The molecule has 0 aliphatic carbocycles. The van der Waals surface area contributed by atoms with Gasteiger partial charge in [-0.1, -0.05) is 36.4 Å². The van der Waals surface area contributed by atoms with Gasteiger partial charge < -0.3 is 19.1 Å². The van der Waals surface area contributed by atoms with Gasteiger partial charge in [-0.25, -0.2) is 14.4 Å². The third kappa shape index (κ3) is 5.81. The SMILES string of the molecule is O=C(O[C@@H]1[C@H](OC(=O)c2ccccc2)[C@@H](CO[P+](=O)[O-])O[C@H]1n1ccc(=O)[nH]c1=O)c1ccccc1. The normalized spacial score (nSPS) is 21.5. The first kappa shape index (κ1) is 25.1. The summed E-state index contributed by atoms with van der Waals surface area (Å²) in [5, 5.41) is 0. The molecule has 4 rings (SSSR count). The van der Waals surface area contributed by atoms with E-state index in [1.165, 1.54) is 24.3 Å². The Bertz CT molecular complexity index is 1360. The van der Waals surface area contributed by atoms with Crippen LogP contribution in [0, 0.1) is 0 Å². The van der Waals surface area contributed by atoms with Gasteiger partial charge in [0.25, 0.3) is 5.56 Å². The maximum atomic E-state index is 12.9. The second kappa shape index (κ2) is 11.2. The molecule has 1 N–H and O–H groups in total. The van der Waals surface area contributed by atoms with Crippen LogP contribution in [-0.4, -0.2) is 46.4 Å². The van der Waals surface area contributed by atoms with Gasteiger partial charge in [0.05, 0.1) is 11.1 Å². The zero-order chi connectivity index (χ0) is 25.7. The number of hydrogen-bond donors (Lipinski definition) is 1. The van der Waals surface area contributed by atoms with E-state index in [2.05, 4.69) is 9.51 Å². The Kier molecular flexibility index (Phi) is 7.81. The summed E-state index contributed by atoms with van der Waals surface area (Å²) < 4.78 is 33.7. The Hall–Kier alpha value is -3.96. The molecule has 0 radical (unpaired) electrons. The van der Waals surface area contributed by atoms with Crippen molar-refractivity contribution in [2.75, 3.05) is 6.61 Å². The number of aromatic amines is 1. The number of carbonyl (C=O) groups is 2. The van der Waals surface area contributed by atoms with E-state index < -0.39 is 62.6 Å². The summed E-state index contributed by atoms with van der Waals surface area (Å²) in [5.41, 5.74) is -1.23. The molecule has 1 unspecified atom stereocenters. The molecule has 1 fully saturated rings. The molecule has 36 heavy (non-hydrogen) atoms. The maximum absolute atomic E-state index is 12.9. The third-order valence-corrected chi connectivity index (χ3v) is 5.62. The lowest BCUT2D eigenvalue weighted by Crippen LogP contribution is -2.42. The van der Waals surface area contributed by atoms with Crippen molar-refractivity contribution in [1.29, 1.82) is 0 Å². The van der Waals surface area contributed by atoms with E-state index in [0.717, 1.165) is 16.8 Å². The fraction of sp³-hybridized carbons (Fsp3) is 0.217. The second-order valence-corrected chi connectivity index (χ2v) is 8.28. The number of nitrogens with zero attached hydrogens (tertiary/aromatic N) is 1. The van der Waals surface area contributed by atoms with Crippen LogP contribution in [0.5, 0.6) is 0 Å². The van der Waals surface area contributed by atoms with Gasteiger partial charge in [0.2, 0.25) is 0 Å². The summed E-state index contributed by atoms with van der Waals surface area (Å²) in [6, 6.07) is 16.9. The average Bonchev–Trinajstić information content (AvgIpc) is 3.20. The van der Waals surface area contributed by atoms with Gasteiger partial charge in [0.1, 0.15) is 12.7 Å². The fourth-order valence-corrected chi connectivity index (χ4v) is 3.90. The topological polar surface area (TPSA) is 166 Å². The molecule has 0 amide bonds. The van der Waals surface area contributed by atoms with Crippen LogP contribution in [0.25, 0.3) is 0 Å².